The van der Waals surface area contributed by atoms with Crippen LogP contribution in [0.3, 0.4) is 0 Å². The molecule has 0 saturated carbocycles. The quantitative estimate of drug-likeness (QED) is 0.635. The van der Waals surface area contributed by atoms with Crippen molar-refractivity contribution in [2.45, 2.75) is 39.3 Å². The molecule has 164 valence electrons. The standard InChI is InChI=1S/C23H28N4O4/c1-4-13-24-23(30)21-14-27(19-7-5-6-8-20(19)31-21)15(2)22(29)26-18-11-9-17(10-12-18)25-16(3)28/h5-12,15,21H,4,13-14H2,1-3H3,(H,24,30)(H,25,28)(H,26,29)/t15-,21+/m0/s1. The van der Waals surface area contributed by atoms with Crippen molar-refractivity contribution in [2.75, 3.05) is 28.6 Å². The fraction of sp³-hybridized carbons (Fsp3) is 0.348. The molecule has 8 heteroatoms. The number of hydrogen-bond acceptors (Lipinski definition) is 5. The van der Waals surface area contributed by atoms with Crippen molar-refractivity contribution in [2.24, 2.45) is 0 Å². The van der Waals surface area contributed by atoms with Gasteiger partial charge in [-0.25, -0.2) is 0 Å². The second kappa shape index (κ2) is 9.97. The first-order valence-corrected chi connectivity index (χ1v) is 10.4. The van der Waals surface area contributed by atoms with Crippen LogP contribution in [-0.2, 0) is 14.4 Å². The summed E-state index contributed by atoms with van der Waals surface area (Å²) >= 11 is 0. The Kier molecular flexibility index (Phi) is 7.12. The molecule has 8 nitrogen and oxygen atoms in total. The number of anilines is 3. The predicted molar refractivity (Wildman–Crippen MR) is 120 cm³/mol. The zero-order valence-corrected chi connectivity index (χ0v) is 18.0. The second-order valence-corrected chi connectivity index (χ2v) is 7.44. The fourth-order valence-electron chi connectivity index (χ4n) is 3.36. The molecule has 0 saturated heterocycles. The number of benzene rings is 2. The van der Waals surface area contributed by atoms with Gasteiger partial charge in [-0.05, 0) is 49.7 Å². The van der Waals surface area contributed by atoms with Gasteiger partial charge in [-0.2, -0.15) is 0 Å². The summed E-state index contributed by atoms with van der Waals surface area (Å²) in [6.07, 6.45) is 0.131. The Labute approximate surface area is 182 Å². The van der Waals surface area contributed by atoms with Crippen molar-refractivity contribution in [1.82, 2.24) is 5.32 Å². The highest BCUT2D eigenvalue weighted by atomic mass is 16.5. The molecule has 3 rings (SSSR count). The smallest absolute Gasteiger partial charge is 0.262 e. The summed E-state index contributed by atoms with van der Waals surface area (Å²) in [6, 6.07) is 13.7. The highest BCUT2D eigenvalue weighted by Crippen LogP contribution is 2.34. The second-order valence-electron chi connectivity index (χ2n) is 7.44. The molecular formula is C23H28N4O4. The van der Waals surface area contributed by atoms with Crippen LogP contribution < -0.4 is 25.6 Å². The van der Waals surface area contributed by atoms with Crippen LogP contribution in [0.1, 0.15) is 27.2 Å². The average molecular weight is 425 g/mol. The van der Waals surface area contributed by atoms with Crippen LogP contribution in [0.5, 0.6) is 5.75 Å². The largest absolute Gasteiger partial charge is 0.477 e. The maximum atomic E-state index is 13.0. The number of amides is 3. The molecule has 0 spiro atoms. The minimum Gasteiger partial charge on any atom is -0.477 e. The van der Waals surface area contributed by atoms with Crippen molar-refractivity contribution in [3.8, 4) is 5.75 Å². The van der Waals surface area contributed by atoms with Gasteiger partial charge in [-0.3, -0.25) is 14.4 Å². The van der Waals surface area contributed by atoms with Crippen molar-refractivity contribution in [1.29, 1.82) is 0 Å². The molecule has 2 atom stereocenters. The van der Waals surface area contributed by atoms with Gasteiger partial charge in [0.2, 0.25) is 11.8 Å². The Morgan fingerprint density at radius 3 is 2.35 bits per heavy atom. The third kappa shape index (κ3) is 5.53. The average Bonchev–Trinajstić information content (AvgIpc) is 2.77. The number of ether oxygens (including phenoxy) is 1. The zero-order valence-electron chi connectivity index (χ0n) is 18.0. The third-order valence-corrected chi connectivity index (χ3v) is 4.97. The molecule has 31 heavy (non-hydrogen) atoms. The monoisotopic (exact) mass is 424 g/mol. The van der Waals surface area contributed by atoms with E-state index in [1.165, 1.54) is 6.92 Å². The van der Waals surface area contributed by atoms with E-state index in [-0.39, 0.29) is 24.3 Å². The molecule has 1 heterocycles. The number of hydrogen-bond donors (Lipinski definition) is 3. The lowest BCUT2D eigenvalue weighted by atomic mass is 10.1. The number of carbonyl (C=O) groups is 3. The molecule has 0 unspecified atom stereocenters. The molecule has 0 bridgehead atoms. The van der Waals surface area contributed by atoms with Crippen LogP contribution in [0.15, 0.2) is 48.5 Å². The highest BCUT2D eigenvalue weighted by molar-refractivity contribution is 5.98. The van der Waals surface area contributed by atoms with E-state index in [9.17, 15) is 14.4 Å². The van der Waals surface area contributed by atoms with Gasteiger partial charge in [0.15, 0.2) is 6.10 Å². The molecule has 0 aromatic heterocycles. The van der Waals surface area contributed by atoms with Crippen LogP contribution >= 0.6 is 0 Å². The number of rotatable bonds is 7. The summed E-state index contributed by atoms with van der Waals surface area (Å²) in [5, 5.41) is 8.44. The molecule has 1 aliphatic rings. The van der Waals surface area contributed by atoms with Crippen molar-refractivity contribution < 1.29 is 19.1 Å². The van der Waals surface area contributed by atoms with Crippen LogP contribution in [0, 0.1) is 0 Å². The molecule has 2 aromatic rings. The van der Waals surface area contributed by atoms with Crippen LogP contribution in [0.2, 0.25) is 0 Å². The summed E-state index contributed by atoms with van der Waals surface area (Å²) < 4.78 is 5.89. The Morgan fingerprint density at radius 2 is 1.71 bits per heavy atom. The SMILES string of the molecule is CCCNC(=O)[C@H]1CN([C@@H](C)C(=O)Nc2ccc(NC(C)=O)cc2)c2ccccc2O1. The first kappa shape index (κ1) is 22.1. The van der Waals surface area contributed by atoms with E-state index in [1.54, 1.807) is 37.3 Å². The third-order valence-electron chi connectivity index (χ3n) is 4.97. The Hall–Kier alpha value is -3.55. The van der Waals surface area contributed by atoms with Crippen LogP contribution in [0.25, 0.3) is 0 Å². The van der Waals surface area contributed by atoms with Gasteiger partial charge in [-0.15, -0.1) is 0 Å². The molecule has 1 aliphatic heterocycles. The maximum Gasteiger partial charge on any atom is 0.262 e. The number of nitrogens with one attached hydrogen (secondary N) is 3. The summed E-state index contributed by atoms with van der Waals surface area (Å²) in [4.78, 5) is 38.5. The molecule has 0 aliphatic carbocycles. The first-order valence-electron chi connectivity index (χ1n) is 10.4. The molecule has 0 radical (unpaired) electrons. The lowest BCUT2D eigenvalue weighted by molar-refractivity contribution is -0.128. The summed E-state index contributed by atoms with van der Waals surface area (Å²) in [5.41, 5.74) is 2.04. The van der Waals surface area contributed by atoms with E-state index in [2.05, 4.69) is 16.0 Å². The summed E-state index contributed by atoms with van der Waals surface area (Å²) in [6.45, 7) is 6.06. The van der Waals surface area contributed by atoms with Gasteiger partial charge >= 0.3 is 0 Å². The van der Waals surface area contributed by atoms with Gasteiger partial charge < -0.3 is 25.6 Å². The van der Waals surface area contributed by atoms with Crippen LogP contribution in [0.4, 0.5) is 17.1 Å². The molecule has 0 fully saturated rings. The van der Waals surface area contributed by atoms with Gasteiger partial charge in [0.1, 0.15) is 11.8 Å². The molecule has 3 N–H and O–H groups in total. The van der Waals surface area contributed by atoms with E-state index in [0.717, 1.165) is 12.1 Å². The van der Waals surface area contributed by atoms with Crippen LogP contribution in [-0.4, -0.2) is 43.0 Å². The van der Waals surface area contributed by atoms with Gasteiger partial charge in [0, 0.05) is 24.8 Å². The highest BCUT2D eigenvalue weighted by Gasteiger charge is 2.34. The van der Waals surface area contributed by atoms with E-state index in [1.807, 2.05) is 30.0 Å². The number of fused-ring (bicyclic) bond motifs is 1. The van der Waals surface area contributed by atoms with Gasteiger partial charge in [0.05, 0.1) is 12.2 Å². The van der Waals surface area contributed by atoms with Gasteiger partial charge in [0.25, 0.3) is 5.91 Å². The molecule has 3 amide bonds. The number of carbonyl (C=O) groups excluding carboxylic acids is 3. The zero-order chi connectivity index (χ0) is 22.4. The first-order chi connectivity index (χ1) is 14.9. The van der Waals surface area contributed by atoms with Crippen molar-refractivity contribution >= 4 is 34.8 Å². The lowest BCUT2D eigenvalue weighted by Gasteiger charge is -2.38. The maximum absolute atomic E-state index is 13.0. The Morgan fingerprint density at radius 1 is 1.06 bits per heavy atom. The Bertz CT molecular complexity index is 945. The normalized spacial score (nSPS) is 15.8. The lowest BCUT2D eigenvalue weighted by Crippen LogP contribution is -2.54. The van der Waals surface area contributed by atoms with E-state index >= 15 is 0 Å². The fourth-order valence-corrected chi connectivity index (χ4v) is 3.36. The van der Waals surface area contributed by atoms with E-state index in [0.29, 0.717) is 23.7 Å². The van der Waals surface area contributed by atoms with Crippen molar-refractivity contribution in [3.05, 3.63) is 48.5 Å². The topological polar surface area (TPSA) is 99.8 Å². The minimum atomic E-state index is -0.700. The molecular weight excluding hydrogens is 396 g/mol. The minimum absolute atomic E-state index is 0.158. The summed E-state index contributed by atoms with van der Waals surface area (Å²) in [5.74, 6) is 0.0119. The van der Waals surface area contributed by atoms with E-state index in [4.69, 9.17) is 4.74 Å². The van der Waals surface area contributed by atoms with E-state index < -0.39 is 12.1 Å². The predicted octanol–water partition coefficient (Wildman–Crippen LogP) is 2.77. The summed E-state index contributed by atoms with van der Waals surface area (Å²) in [7, 11) is 0. The number of para-hydroxylation sites is 2. The molecule has 2 aromatic carbocycles. The number of nitrogens with zero attached hydrogens (tertiary/aromatic N) is 1. The van der Waals surface area contributed by atoms with Gasteiger partial charge in [-0.1, -0.05) is 19.1 Å². The Balaban J connectivity index is 1.73. The van der Waals surface area contributed by atoms with Crippen molar-refractivity contribution in [3.63, 3.8) is 0 Å².